The fourth-order valence-electron chi connectivity index (χ4n) is 1.61. The molecule has 0 aromatic heterocycles. The standard InChI is InChI=1S/C13H30O4Si/c1-5-8-13-18(4,16-11-9-14-6-2)17-12-10-15-7-3/h5-13H2,1-4H3. The second kappa shape index (κ2) is 12.1. The molecule has 18 heavy (non-hydrogen) atoms. The lowest BCUT2D eigenvalue weighted by atomic mass is 10.4. The molecule has 0 fully saturated rings. The second-order valence-corrected chi connectivity index (χ2v) is 7.67. The topological polar surface area (TPSA) is 36.9 Å². The van der Waals surface area contributed by atoms with Gasteiger partial charge in [-0.25, -0.2) is 0 Å². The van der Waals surface area contributed by atoms with E-state index in [-0.39, 0.29) is 0 Å². The average Bonchev–Trinajstić information content (AvgIpc) is 2.38. The van der Waals surface area contributed by atoms with Crippen molar-refractivity contribution in [2.24, 2.45) is 0 Å². The lowest BCUT2D eigenvalue weighted by Crippen LogP contribution is -2.40. The molecule has 4 nitrogen and oxygen atoms in total. The predicted molar refractivity (Wildman–Crippen MR) is 76.2 cm³/mol. The van der Waals surface area contributed by atoms with Crippen LogP contribution >= 0.6 is 0 Å². The van der Waals surface area contributed by atoms with Gasteiger partial charge in [-0.1, -0.05) is 19.8 Å². The molecule has 110 valence electrons. The molecule has 0 unspecified atom stereocenters. The van der Waals surface area contributed by atoms with E-state index in [9.17, 15) is 0 Å². The molecule has 0 aliphatic carbocycles. The van der Waals surface area contributed by atoms with E-state index >= 15 is 0 Å². The van der Waals surface area contributed by atoms with Crippen LogP contribution in [0.1, 0.15) is 33.6 Å². The quantitative estimate of drug-likeness (QED) is 0.383. The highest BCUT2D eigenvalue weighted by Crippen LogP contribution is 2.17. The van der Waals surface area contributed by atoms with Crippen molar-refractivity contribution in [2.75, 3.05) is 39.6 Å². The number of hydrogen-bond donors (Lipinski definition) is 0. The van der Waals surface area contributed by atoms with Crippen LogP contribution in [0.2, 0.25) is 12.6 Å². The highest BCUT2D eigenvalue weighted by atomic mass is 28.4. The van der Waals surface area contributed by atoms with Crippen LogP contribution in [0.15, 0.2) is 0 Å². The molecule has 5 heteroatoms. The zero-order valence-corrected chi connectivity index (χ0v) is 13.5. The van der Waals surface area contributed by atoms with Crippen LogP contribution in [0.5, 0.6) is 0 Å². The van der Waals surface area contributed by atoms with E-state index in [0.717, 1.165) is 25.7 Å². The first kappa shape index (κ1) is 18.1. The second-order valence-electron chi connectivity index (χ2n) is 4.33. The molecule has 0 radical (unpaired) electrons. The molecule has 0 aliphatic heterocycles. The van der Waals surface area contributed by atoms with Gasteiger partial charge in [0.15, 0.2) is 0 Å². The Morgan fingerprint density at radius 2 is 1.28 bits per heavy atom. The highest BCUT2D eigenvalue weighted by molar-refractivity contribution is 6.66. The van der Waals surface area contributed by atoms with Crippen molar-refractivity contribution in [3.8, 4) is 0 Å². The number of rotatable bonds is 13. The molecule has 0 heterocycles. The molecule has 0 saturated carbocycles. The molecule has 0 rings (SSSR count). The first-order valence-corrected chi connectivity index (χ1v) is 9.64. The van der Waals surface area contributed by atoms with E-state index in [0.29, 0.717) is 26.4 Å². The van der Waals surface area contributed by atoms with Gasteiger partial charge in [0.1, 0.15) is 0 Å². The van der Waals surface area contributed by atoms with Crippen LogP contribution in [0.3, 0.4) is 0 Å². The van der Waals surface area contributed by atoms with Gasteiger partial charge in [0.25, 0.3) is 0 Å². The third-order valence-electron chi connectivity index (χ3n) is 2.66. The van der Waals surface area contributed by atoms with E-state index in [4.69, 9.17) is 18.3 Å². The lowest BCUT2D eigenvalue weighted by Gasteiger charge is -2.27. The third kappa shape index (κ3) is 10.0. The molecule has 0 atom stereocenters. The molecular weight excluding hydrogens is 248 g/mol. The molecule has 0 aromatic carbocycles. The van der Waals surface area contributed by atoms with Gasteiger partial charge in [-0.3, -0.25) is 0 Å². The minimum absolute atomic E-state index is 0.634. The maximum absolute atomic E-state index is 5.95. The Bertz CT molecular complexity index is 166. The fraction of sp³-hybridized carbons (Fsp3) is 1.00. The van der Waals surface area contributed by atoms with Crippen LogP contribution in [0.25, 0.3) is 0 Å². The van der Waals surface area contributed by atoms with Crippen molar-refractivity contribution in [2.45, 2.75) is 46.2 Å². The lowest BCUT2D eigenvalue weighted by molar-refractivity contribution is 0.0662. The summed E-state index contributed by atoms with van der Waals surface area (Å²) < 4.78 is 22.5. The maximum atomic E-state index is 5.95. The molecule has 0 amide bonds. The molecule has 0 aliphatic rings. The summed E-state index contributed by atoms with van der Waals surface area (Å²) in [6.07, 6.45) is 2.33. The molecule has 0 spiro atoms. The van der Waals surface area contributed by atoms with Crippen LogP contribution in [0.4, 0.5) is 0 Å². The summed E-state index contributed by atoms with van der Waals surface area (Å²) in [5.74, 6) is 0. The van der Waals surface area contributed by atoms with Crippen molar-refractivity contribution in [1.82, 2.24) is 0 Å². The molecule has 0 bridgehead atoms. The Balaban J connectivity index is 3.90. The first-order chi connectivity index (χ1) is 8.68. The summed E-state index contributed by atoms with van der Waals surface area (Å²) in [5.41, 5.74) is 0. The van der Waals surface area contributed by atoms with Crippen LogP contribution in [-0.2, 0) is 18.3 Å². The Labute approximate surface area is 113 Å². The third-order valence-corrected chi connectivity index (χ3v) is 5.55. The van der Waals surface area contributed by atoms with Crippen molar-refractivity contribution < 1.29 is 18.3 Å². The van der Waals surface area contributed by atoms with E-state index < -0.39 is 8.56 Å². The summed E-state index contributed by atoms with van der Waals surface area (Å²) in [5, 5.41) is 0. The Kier molecular flexibility index (Phi) is 12.1. The van der Waals surface area contributed by atoms with Gasteiger partial charge in [0, 0.05) is 13.2 Å². The number of unbranched alkanes of at least 4 members (excludes halogenated alkanes) is 1. The van der Waals surface area contributed by atoms with Gasteiger partial charge in [-0.05, 0) is 26.4 Å². The highest BCUT2D eigenvalue weighted by Gasteiger charge is 2.30. The van der Waals surface area contributed by atoms with Crippen molar-refractivity contribution in [3.63, 3.8) is 0 Å². The summed E-state index contributed by atoms with van der Waals surface area (Å²) in [6, 6.07) is 1.04. The Morgan fingerprint density at radius 3 is 1.67 bits per heavy atom. The molecule has 0 aromatic rings. The van der Waals surface area contributed by atoms with Crippen LogP contribution < -0.4 is 0 Å². The summed E-state index contributed by atoms with van der Waals surface area (Å²) in [4.78, 5) is 0. The number of hydrogen-bond acceptors (Lipinski definition) is 4. The van der Waals surface area contributed by atoms with E-state index in [1.165, 1.54) is 6.42 Å². The van der Waals surface area contributed by atoms with Crippen molar-refractivity contribution in [3.05, 3.63) is 0 Å². The zero-order chi connectivity index (χ0) is 13.7. The minimum Gasteiger partial charge on any atom is -0.392 e. The first-order valence-electron chi connectivity index (χ1n) is 7.12. The van der Waals surface area contributed by atoms with Gasteiger partial charge in [0.2, 0.25) is 0 Å². The van der Waals surface area contributed by atoms with Gasteiger partial charge in [-0.15, -0.1) is 0 Å². The molecular formula is C13H30O4Si. The predicted octanol–water partition coefficient (Wildman–Crippen LogP) is 2.96. The SMILES string of the molecule is CCCC[Si](C)(OCCOCC)OCCOCC. The van der Waals surface area contributed by atoms with Crippen molar-refractivity contribution in [1.29, 1.82) is 0 Å². The zero-order valence-electron chi connectivity index (χ0n) is 12.5. The van der Waals surface area contributed by atoms with E-state index in [1.54, 1.807) is 0 Å². The van der Waals surface area contributed by atoms with Gasteiger partial charge in [0.05, 0.1) is 26.4 Å². The summed E-state index contributed by atoms with van der Waals surface area (Å²) in [7, 11) is -2.03. The minimum atomic E-state index is -2.03. The number of ether oxygens (including phenoxy) is 2. The van der Waals surface area contributed by atoms with Crippen LogP contribution in [-0.4, -0.2) is 48.2 Å². The van der Waals surface area contributed by atoms with Crippen LogP contribution in [0, 0.1) is 0 Å². The van der Waals surface area contributed by atoms with E-state index in [2.05, 4.69) is 13.5 Å². The van der Waals surface area contributed by atoms with Gasteiger partial charge < -0.3 is 18.3 Å². The normalized spacial score (nSPS) is 12.0. The van der Waals surface area contributed by atoms with Gasteiger partial charge >= 0.3 is 8.56 Å². The fourth-order valence-corrected chi connectivity index (χ4v) is 4.00. The average molecular weight is 278 g/mol. The maximum Gasteiger partial charge on any atom is 0.335 e. The smallest absolute Gasteiger partial charge is 0.335 e. The summed E-state index contributed by atoms with van der Waals surface area (Å²) >= 11 is 0. The Morgan fingerprint density at radius 1 is 0.778 bits per heavy atom. The summed E-state index contributed by atoms with van der Waals surface area (Å²) in [6.45, 7) is 12.4. The molecule has 0 N–H and O–H groups in total. The molecule has 0 saturated heterocycles. The van der Waals surface area contributed by atoms with Crippen molar-refractivity contribution >= 4 is 8.56 Å². The van der Waals surface area contributed by atoms with Gasteiger partial charge in [-0.2, -0.15) is 0 Å². The van der Waals surface area contributed by atoms with E-state index in [1.807, 2.05) is 13.8 Å². The Hall–Kier alpha value is 0.0569. The monoisotopic (exact) mass is 278 g/mol. The largest absolute Gasteiger partial charge is 0.392 e.